The first-order valence-electron chi connectivity index (χ1n) is 9.91. The van der Waals surface area contributed by atoms with Gasteiger partial charge in [-0.3, -0.25) is 4.79 Å². The summed E-state index contributed by atoms with van der Waals surface area (Å²) in [4.78, 5) is 14.7. The number of carbonyl (C=O) groups excluding carboxylic acids is 1. The molecule has 0 radical (unpaired) electrons. The van der Waals surface area contributed by atoms with Crippen LogP contribution in [0.4, 0.5) is 0 Å². The minimum Gasteiger partial charge on any atom is -0.497 e. The summed E-state index contributed by atoms with van der Waals surface area (Å²) in [6.45, 7) is 1.80. The molecule has 1 aliphatic heterocycles. The number of aromatic nitrogens is 3. The molecule has 2 heterocycles. The number of ether oxygens (including phenoxy) is 1. The number of nitrogens with two attached hydrogens (primary N) is 1. The normalized spacial score (nSPS) is 22.0. The van der Waals surface area contributed by atoms with Crippen LogP contribution in [0.5, 0.6) is 5.75 Å². The van der Waals surface area contributed by atoms with Crippen LogP contribution in [0.1, 0.15) is 32.1 Å². The van der Waals surface area contributed by atoms with Crippen LogP contribution in [0.2, 0.25) is 0 Å². The Balaban J connectivity index is 1.36. The van der Waals surface area contributed by atoms with Gasteiger partial charge >= 0.3 is 0 Å². The fourth-order valence-corrected chi connectivity index (χ4v) is 5.12. The van der Waals surface area contributed by atoms with Crippen LogP contribution in [0, 0.1) is 11.8 Å². The summed E-state index contributed by atoms with van der Waals surface area (Å²) in [5.41, 5.74) is 0.855. The van der Waals surface area contributed by atoms with Gasteiger partial charge in [-0.05, 0) is 48.9 Å². The summed E-state index contributed by atoms with van der Waals surface area (Å²) in [6, 6.07) is 7.49. The molecule has 1 saturated heterocycles. The lowest BCUT2D eigenvalue weighted by Crippen LogP contribution is -2.45. The number of likely N-dealkylation sites (tertiary alicyclic amines) is 1. The third kappa shape index (κ3) is 3.97. The molecule has 0 spiro atoms. The monoisotopic (exact) mass is 401 g/mol. The highest BCUT2D eigenvalue weighted by molar-refractivity contribution is 7.99. The Labute approximate surface area is 169 Å². The summed E-state index contributed by atoms with van der Waals surface area (Å²) in [6.07, 6.45) is 6.42. The number of benzene rings is 1. The maximum absolute atomic E-state index is 12.7. The van der Waals surface area contributed by atoms with Crippen LogP contribution in [0.3, 0.4) is 0 Å². The minimum atomic E-state index is 0.169. The molecule has 8 heteroatoms. The number of hydrogen-bond donors (Lipinski definition) is 1. The van der Waals surface area contributed by atoms with Gasteiger partial charge in [-0.2, -0.15) is 0 Å². The number of hydrogen-bond acceptors (Lipinski definition) is 6. The van der Waals surface area contributed by atoms with Gasteiger partial charge in [0.1, 0.15) is 5.75 Å². The van der Waals surface area contributed by atoms with E-state index in [9.17, 15) is 4.79 Å². The van der Waals surface area contributed by atoms with Crippen LogP contribution < -0.4 is 10.6 Å². The molecule has 1 saturated carbocycles. The lowest BCUT2D eigenvalue weighted by molar-refractivity contribution is -0.131. The van der Waals surface area contributed by atoms with Crippen LogP contribution in [-0.4, -0.2) is 51.6 Å². The average Bonchev–Trinajstić information content (AvgIpc) is 3.12. The molecule has 2 aromatic rings. The zero-order valence-electron chi connectivity index (χ0n) is 16.2. The van der Waals surface area contributed by atoms with E-state index >= 15 is 0 Å². The Morgan fingerprint density at radius 2 is 1.93 bits per heavy atom. The van der Waals surface area contributed by atoms with Crippen molar-refractivity contribution < 1.29 is 9.53 Å². The van der Waals surface area contributed by atoms with Crippen LogP contribution in [0.25, 0.3) is 11.4 Å². The number of amides is 1. The van der Waals surface area contributed by atoms with E-state index in [4.69, 9.17) is 10.6 Å². The van der Waals surface area contributed by atoms with Gasteiger partial charge in [0.05, 0.1) is 12.9 Å². The van der Waals surface area contributed by atoms with Crippen LogP contribution in [0.15, 0.2) is 29.4 Å². The number of piperidine rings is 1. The molecule has 1 amide bonds. The second-order valence-corrected chi connectivity index (χ2v) is 8.57. The van der Waals surface area contributed by atoms with Crippen molar-refractivity contribution in [2.75, 3.05) is 31.8 Å². The van der Waals surface area contributed by atoms with Gasteiger partial charge < -0.3 is 15.5 Å². The number of thioether (sulfide) groups is 1. The first-order valence-corrected chi connectivity index (χ1v) is 10.9. The summed E-state index contributed by atoms with van der Waals surface area (Å²) in [7, 11) is 1.63. The lowest BCUT2D eigenvalue weighted by atomic mass is 9.75. The quantitative estimate of drug-likeness (QED) is 0.612. The molecular weight excluding hydrogens is 374 g/mol. The lowest BCUT2D eigenvalue weighted by Gasteiger charge is -2.41. The molecule has 2 atom stereocenters. The van der Waals surface area contributed by atoms with E-state index in [-0.39, 0.29) is 5.91 Å². The summed E-state index contributed by atoms with van der Waals surface area (Å²) >= 11 is 1.35. The zero-order valence-corrected chi connectivity index (χ0v) is 17.0. The maximum atomic E-state index is 12.7. The molecule has 1 aliphatic carbocycles. The van der Waals surface area contributed by atoms with Gasteiger partial charge in [0.15, 0.2) is 5.82 Å². The summed E-state index contributed by atoms with van der Waals surface area (Å²) in [5, 5.41) is 8.90. The molecule has 7 nitrogen and oxygen atoms in total. The Bertz CT molecular complexity index is 823. The third-order valence-electron chi connectivity index (χ3n) is 5.98. The molecule has 2 N–H and O–H groups in total. The molecule has 2 fully saturated rings. The van der Waals surface area contributed by atoms with Gasteiger partial charge in [-0.1, -0.05) is 31.0 Å². The molecule has 1 aromatic heterocycles. The van der Waals surface area contributed by atoms with Crippen molar-refractivity contribution in [3.05, 3.63) is 24.3 Å². The average molecular weight is 402 g/mol. The number of fused-ring (bicyclic) bond motifs is 1. The highest BCUT2D eigenvalue weighted by Crippen LogP contribution is 2.36. The van der Waals surface area contributed by atoms with E-state index in [1.54, 1.807) is 7.11 Å². The predicted molar refractivity (Wildman–Crippen MR) is 110 cm³/mol. The van der Waals surface area contributed by atoms with Gasteiger partial charge in [0, 0.05) is 18.7 Å². The van der Waals surface area contributed by atoms with Crippen molar-refractivity contribution in [1.82, 2.24) is 19.8 Å². The van der Waals surface area contributed by atoms with Crippen molar-refractivity contribution in [3.63, 3.8) is 0 Å². The van der Waals surface area contributed by atoms with Gasteiger partial charge in [-0.15, -0.1) is 10.2 Å². The zero-order chi connectivity index (χ0) is 19.5. The molecule has 28 heavy (non-hydrogen) atoms. The molecule has 2 aliphatic rings. The first kappa shape index (κ1) is 19.1. The SMILES string of the molecule is COc1ccc(-c2nnc(SCC(=O)N3CC[C@H]4CCCC[C@@H]4C3)n2N)cc1. The Morgan fingerprint density at radius 3 is 2.68 bits per heavy atom. The molecule has 150 valence electrons. The van der Waals surface area contributed by atoms with E-state index in [1.165, 1.54) is 42.1 Å². The largest absolute Gasteiger partial charge is 0.497 e. The first-order chi connectivity index (χ1) is 13.7. The fourth-order valence-electron chi connectivity index (χ4n) is 4.36. The van der Waals surface area contributed by atoms with Crippen molar-refractivity contribution in [2.24, 2.45) is 11.8 Å². The van der Waals surface area contributed by atoms with E-state index in [2.05, 4.69) is 10.2 Å². The van der Waals surface area contributed by atoms with E-state index in [1.807, 2.05) is 29.2 Å². The van der Waals surface area contributed by atoms with Crippen molar-refractivity contribution in [1.29, 1.82) is 0 Å². The Hall–Kier alpha value is -2.22. The predicted octanol–water partition coefficient (Wildman–Crippen LogP) is 2.80. The Morgan fingerprint density at radius 1 is 1.18 bits per heavy atom. The molecule has 0 unspecified atom stereocenters. The summed E-state index contributed by atoms with van der Waals surface area (Å²) < 4.78 is 6.63. The third-order valence-corrected chi connectivity index (χ3v) is 6.91. The van der Waals surface area contributed by atoms with Gasteiger partial charge in [-0.25, -0.2) is 4.68 Å². The number of methoxy groups -OCH3 is 1. The number of nitrogens with zero attached hydrogens (tertiary/aromatic N) is 4. The maximum Gasteiger partial charge on any atom is 0.233 e. The van der Waals surface area contributed by atoms with Crippen molar-refractivity contribution >= 4 is 17.7 Å². The molecule has 0 bridgehead atoms. The number of nitrogen functional groups attached to an aromatic ring is 1. The molecular formula is C20H27N5O2S. The second kappa shape index (κ2) is 8.43. The van der Waals surface area contributed by atoms with Gasteiger partial charge in [0.2, 0.25) is 11.1 Å². The fraction of sp³-hybridized carbons (Fsp3) is 0.550. The Kier molecular flexibility index (Phi) is 5.75. The minimum absolute atomic E-state index is 0.169. The number of carbonyl (C=O) groups is 1. The molecule has 1 aromatic carbocycles. The standard InChI is InChI=1S/C20H27N5O2S/c1-27-17-8-6-15(7-9-17)19-22-23-20(25(19)21)28-13-18(26)24-11-10-14-4-2-3-5-16(14)12-24/h6-9,14,16H,2-5,10-13,21H2,1H3/t14-,16-/m1/s1. The van der Waals surface area contributed by atoms with E-state index < -0.39 is 0 Å². The molecule has 4 rings (SSSR count). The summed E-state index contributed by atoms with van der Waals surface area (Å²) in [5.74, 6) is 9.54. The van der Waals surface area contributed by atoms with Gasteiger partial charge in [0.25, 0.3) is 0 Å². The van der Waals surface area contributed by atoms with Crippen LogP contribution in [-0.2, 0) is 4.79 Å². The van der Waals surface area contributed by atoms with E-state index in [0.29, 0.717) is 22.7 Å². The van der Waals surface area contributed by atoms with Crippen molar-refractivity contribution in [3.8, 4) is 17.1 Å². The highest BCUT2D eigenvalue weighted by Gasteiger charge is 2.32. The topological polar surface area (TPSA) is 86.3 Å². The van der Waals surface area contributed by atoms with E-state index in [0.717, 1.165) is 36.7 Å². The smallest absolute Gasteiger partial charge is 0.233 e. The highest BCUT2D eigenvalue weighted by atomic mass is 32.2. The van der Waals surface area contributed by atoms with Crippen LogP contribution >= 0.6 is 11.8 Å². The van der Waals surface area contributed by atoms with Crippen molar-refractivity contribution in [2.45, 2.75) is 37.3 Å². The second-order valence-electron chi connectivity index (χ2n) is 7.63. The number of rotatable bonds is 5.